The van der Waals surface area contributed by atoms with Gasteiger partial charge in [0.2, 0.25) is 0 Å². The number of nitrogens with two attached hydrogens (primary N) is 3. The highest BCUT2D eigenvalue weighted by Crippen LogP contribution is 2.40. The monoisotopic (exact) mass is 1410 g/mol. The first-order chi connectivity index (χ1) is 46.2. The van der Waals surface area contributed by atoms with Crippen molar-refractivity contribution < 1.29 is 64.8 Å². The molecule has 0 aliphatic carbocycles. The van der Waals surface area contributed by atoms with Crippen LogP contribution in [0.4, 0.5) is 0 Å². The fourth-order valence-electron chi connectivity index (χ4n) is 9.22. The lowest BCUT2D eigenvalue weighted by Crippen LogP contribution is -2.44. The molecule has 2 bridgehead atoms. The number of epoxide rings is 1. The SMILES string of the molecule is C.CC1O[Si]2(CCCOCC(O)CNCCNCCNCCOCCNCCNCCNCCOCCNCCNCCN)OC(C)C1O2.CO[Si](CCCOCC1CO1)(OC)OC.NCCNCCNCCOCCNCCNCCNCCOCCNCCNCCN. The molecular weight excluding hydrogens is 1260 g/mol. The Morgan fingerprint density at radius 2 is 0.695 bits per heavy atom. The average Bonchev–Trinajstić information content (AvgIpc) is 1.61. The van der Waals surface area contributed by atoms with Crippen LogP contribution in [0.15, 0.2) is 0 Å². The van der Waals surface area contributed by atoms with Crippen molar-refractivity contribution in [2.75, 3.05) is 323 Å². The van der Waals surface area contributed by atoms with Crippen molar-refractivity contribution in [2.45, 2.75) is 76.7 Å². The minimum absolute atomic E-state index is 0. The minimum atomic E-state index is -2.49. The molecule has 4 atom stereocenters. The second kappa shape index (κ2) is 72.9. The number of ether oxygens (including phenoxy) is 7. The van der Waals surface area contributed by atoms with Crippen LogP contribution in [0.3, 0.4) is 0 Å². The van der Waals surface area contributed by atoms with Gasteiger partial charge in [0.15, 0.2) is 0 Å². The summed E-state index contributed by atoms with van der Waals surface area (Å²) in [4.78, 5) is 0. The molecule has 3 aliphatic heterocycles. The Hall–Kier alpha value is -0.846. The number of hydrogen-bond donors (Lipinski definition) is 19. The van der Waals surface area contributed by atoms with E-state index < -0.39 is 23.7 Å². The molecule has 3 rings (SSSR count). The van der Waals surface area contributed by atoms with Crippen LogP contribution in [0.25, 0.3) is 0 Å². The summed E-state index contributed by atoms with van der Waals surface area (Å²) in [6.45, 7) is 41.9. The Morgan fingerprint density at radius 3 is 0.989 bits per heavy atom. The smallest absolute Gasteiger partial charge is 0.389 e. The fourth-order valence-corrected chi connectivity index (χ4v) is 14.2. The summed E-state index contributed by atoms with van der Waals surface area (Å²) in [6, 6.07) is 1.55. The summed E-state index contributed by atoms with van der Waals surface area (Å²) in [5.74, 6) is 0. The van der Waals surface area contributed by atoms with E-state index in [4.69, 9.17) is 76.9 Å². The molecule has 0 aromatic heterocycles. The van der Waals surface area contributed by atoms with Gasteiger partial charge in [0.05, 0.1) is 97.1 Å². The van der Waals surface area contributed by atoms with Gasteiger partial charge in [-0.2, -0.15) is 0 Å². The molecule has 0 spiro atoms. The molecule has 0 saturated carbocycles. The maximum Gasteiger partial charge on any atom is 0.502 e. The zero-order valence-corrected chi connectivity index (χ0v) is 61.2. The van der Waals surface area contributed by atoms with Crippen molar-refractivity contribution in [1.82, 2.24) is 79.8 Å². The van der Waals surface area contributed by atoms with Gasteiger partial charge < -0.3 is 162 Å². The lowest BCUT2D eigenvalue weighted by atomic mass is 10.1. The van der Waals surface area contributed by atoms with E-state index in [0.717, 1.165) is 261 Å². The summed E-state index contributed by atoms with van der Waals surface area (Å²) < 4.78 is 72.4. The summed E-state index contributed by atoms with van der Waals surface area (Å²) in [7, 11) is -0.00617. The molecule has 0 aromatic rings. The molecule has 4 unspecified atom stereocenters. The maximum absolute atomic E-state index is 10.1. The molecule has 32 nitrogen and oxygen atoms in total. The molecular formula is C61H146N18O14Si2. The second-order valence-electron chi connectivity index (χ2n) is 22.7. The van der Waals surface area contributed by atoms with Crippen molar-refractivity contribution in [2.24, 2.45) is 17.2 Å². The van der Waals surface area contributed by atoms with Crippen molar-refractivity contribution in [3.8, 4) is 0 Å². The third-order valence-electron chi connectivity index (χ3n) is 14.5. The van der Waals surface area contributed by atoms with E-state index in [-0.39, 0.29) is 25.7 Å². The van der Waals surface area contributed by atoms with Gasteiger partial charge in [-0.25, -0.2) is 0 Å². The largest absolute Gasteiger partial charge is 0.502 e. The first kappa shape index (κ1) is 94.2. The standard InChI is InChI=1S/C31H71N9O7Si.C20H51N9O2.C9H20O5Si.CH4/c1-28-31-29(2)46-48(45-28,47-31)25-3-20-44-27-30(41)26-40-15-14-35-9-13-39-19-24-43-23-18-38-12-8-34-7-11-37-17-22-42-21-16-36-10-6-33-5-4-32;21-1-3-23-5-9-26-13-17-30-19-15-28-11-7-25-8-12-29-16-20-31-18-14-27-10-6-24-4-2-22;1-10-15(11-2,12-3)6-4-5-13-7-9-8-14-9;/h28-31,33-41H,3-27,32H2,1-2H3;23-29H,1-22H2;9H,4-8H2,1-3H3;1H4. The van der Waals surface area contributed by atoms with E-state index >= 15 is 0 Å². The number of aliphatic hydroxyl groups excluding tert-OH is 1. The third-order valence-corrected chi connectivity index (χ3v) is 20.4. The topological polar surface area (TPSA) is 402 Å². The molecule has 3 fully saturated rings. The number of rotatable bonds is 74. The lowest BCUT2D eigenvalue weighted by molar-refractivity contribution is 0.0310. The van der Waals surface area contributed by atoms with E-state index in [0.29, 0.717) is 71.9 Å². The van der Waals surface area contributed by atoms with Crippen molar-refractivity contribution >= 4 is 17.6 Å². The molecule has 3 heterocycles. The van der Waals surface area contributed by atoms with Crippen LogP contribution in [0.1, 0.15) is 34.1 Å². The molecule has 3 saturated heterocycles. The zero-order valence-electron chi connectivity index (χ0n) is 59.2. The molecule has 572 valence electrons. The van der Waals surface area contributed by atoms with Crippen LogP contribution in [0.5, 0.6) is 0 Å². The van der Waals surface area contributed by atoms with Gasteiger partial charge in [-0.15, -0.1) is 0 Å². The fraction of sp³-hybridized carbons (Fsp3) is 1.00. The Morgan fingerprint density at radius 1 is 0.400 bits per heavy atom. The Bertz CT molecular complexity index is 1480. The quantitative estimate of drug-likeness (QED) is 0.0153. The number of fused-ring (bicyclic) bond motifs is 2. The molecule has 3 aliphatic rings. The van der Waals surface area contributed by atoms with Crippen molar-refractivity contribution in [1.29, 1.82) is 0 Å². The van der Waals surface area contributed by atoms with Gasteiger partial charge in [0.1, 0.15) is 6.10 Å². The van der Waals surface area contributed by atoms with E-state index in [9.17, 15) is 5.11 Å². The predicted molar refractivity (Wildman–Crippen MR) is 385 cm³/mol. The van der Waals surface area contributed by atoms with E-state index in [1.54, 1.807) is 21.3 Å². The number of nitrogens with one attached hydrogen (secondary N) is 15. The summed E-state index contributed by atoms with van der Waals surface area (Å²) in [5, 5.41) is 60.2. The summed E-state index contributed by atoms with van der Waals surface area (Å²) in [5.41, 5.74) is 16.2. The van der Waals surface area contributed by atoms with Crippen LogP contribution >= 0.6 is 0 Å². The van der Waals surface area contributed by atoms with E-state index in [2.05, 4.69) is 93.6 Å². The Labute approximate surface area is 577 Å². The molecule has 22 N–H and O–H groups in total. The molecule has 0 amide bonds. The lowest BCUT2D eigenvalue weighted by Gasteiger charge is -2.26. The first-order valence-corrected chi connectivity index (χ1v) is 39.3. The van der Waals surface area contributed by atoms with Gasteiger partial charge in [-0.1, -0.05) is 7.43 Å². The summed E-state index contributed by atoms with van der Waals surface area (Å²) >= 11 is 0. The van der Waals surface area contributed by atoms with Crippen LogP contribution in [0, 0.1) is 0 Å². The van der Waals surface area contributed by atoms with Gasteiger partial charge in [0, 0.05) is 263 Å². The van der Waals surface area contributed by atoms with Crippen molar-refractivity contribution in [3.05, 3.63) is 0 Å². The Balaban J connectivity index is 0.00000160. The molecule has 0 aromatic carbocycles. The van der Waals surface area contributed by atoms with Crippen molar-refractivity contribution in [3.63, 3.8) is 0 Å². The maximum atomic E-state index is 10.1. The highest BCUT2D eigenvalue weighted by atomic mass is 28.4. The minimum Gasteiger partial charge on any atom is -0.389 e. The van der Waals surface area contributed by atoms with Crippen LogP contribution in [-0.4, -0.2) is 376 Å². The highest BCUT2D eigenvalue weighted by molar-refractivity contribution is 6.62. The van der Waals surface area contributed by atoms with E-state index in [1.165, 1.54) is 0 Å². The van der Waals surface area contributed by atoms with Gasteiger partial charge >= 0.3 is 17.6 Å². The third kappa shape index (κ3) is 61.5. The van der Waals surface area contributed by atoms with Gasteiger partial charge in [-0.3, -0.25) is 0 Å². The zero-order chi connectivity index (χ0) is 68.0. The predicted octanol–water partition coefficient (Wildman–Crippen LogP) is -6.01. The summed E-state index contributed by atoms with van der Waals surface area (Å²) in [6.07, 6.45) is 1.81. The normalized spacial score (nSPS) is 18.4. The molecule has 34 heteroatoms. The van der Waals surface area contributed by atoms with Gasteiger partial charge in [-0.05, 0) is 26.7 Å². The van der Waals surface area contributed by atoms with Crippen LogP contribution < -0.4 is 97.0 Å². The molecule has 0 radical (unpaired) electrons. The average molecular weight is 1410 g/mol. The number of aliphatic hydroxyl groups is 1. The van der Waals surface area contributed by atoms with Crippen LogP contribution in [0.2, 0.25) is 12.1 Å². The van der Waals surface area contributed by atoms with Gasteiger partial charge in [0.25, 0.3) is 0 Å². The van der Waals surface area contributed by atoms with E-state index in [1.807, 2.05) is 0 Å². The number of hydrogen-bond acceptors (Lipinski definition) is 32. The first-order valence-electron chi connectivity index (χ1n) is 35.4. The molecule has 95 heavy (non-hydrogen) atoms. The van der Waals surface area contributed by atoms with Crippen LogP contribution in [-0.2, 0) is 59.7 Å². The Kier molecular flexibility index (Phi) is 72.3. The highest BCUT2D eigenvalue weighted by Gasteiger charge is 2.60. The second-order valence-corrected chi connectivity index (χ2v) is 28.4.